The molecule has 1 amide bonds. The maximum Gasteiger partial charge on any atom is 0.387 e. The van der Waals surface area contributed by atoms with E-state index in [1.807, 2.05) is 19.1 Å². The van der Waals surface area contributed by atoms with Gasteiger partial charge in [-0.2, -0.15) is 8.78 Å². The van der Waals surface area contributed by atoms with Gasteiger partial charge >= 0.3 is 6.61 Å². The van der Waals surface area contributed by atoms with Crippen LogP contribution >= 0.6 is 22.9 Å². The van der Waals surface area contributed by atoms with Gasteiger partial charge in [0.05, 0.1) is 17.3 Å². The van der Waals surface area contributed by atoms with Crippen molar-refractivity contribution in [2.75, 3.05) is 6.54 Å². The number of hydrogen-bond acceptors (Lipinski definition) is 3. The van der Waals surface area contributed by atoms with E-state index in [0.29, 0.717) is 17.4 Å². The normalized spacial score (nSPS) is 10.8. The Morgan fingerprint density at radius 1 is 1.26 bits per heavy atom. The Hall–Kier alpha value is -1.66. The zero-order chi connectivity index (χ0) is 16.8. The third-order valence-corrected chi connectivity index (χ3v) is 4.43. The molecule has 3 nitrogen and oxygen atoms in total. The van der Waals surface area contributed by atoms with Gasteiger partial charge in [-0.25, -0.2) is 0 Å². The fourth-order valence-corrected chi connectivity index (χ4v) is 3.18. The van der Waals surface area contributed by atoms with Crippen LogP contribution in [0.15, 0.2) is 36.4 Å². The molecule has 124 valence electrons. The average molecular weight is 360 g/mol. The van der Waals surface area contributed by atoms with Crippen molar-refractivity contribution in [2.24, 2.45) is 0 Å². The number of ether oxygens (including phenoxy) is 1. The van der Waals surface area contributed by atoms with E-state index in [4.69, 9.17) is 11.6 Å². The Bertz CT molecular complexity index is 646. The number of hydrogen-bond donors (Lipinski definition) is 0. The second-order valence-electron chi connectivity index (χ2n) is 4.81. The lowest BCUT2D eigenvalue weighted by Gasteiger charge is -2.20. The molecule has 2 rings (SSSR count). The van der Waals surface area contributed by atoms with Crippen molar-refractivity contribution in [1.82, 2.24) is 4.90 Å². The molecule has 1 heterocycles. The van der Waals surface area contributed by atoms with Crippen molar-refractivity contribution in [2.45, 2.75) is 26.5 Å². The summed E-state index contributed by atoms with van der Waals surface area (Å²) in [6, 6.07) is 9.81. The lowest BCUT2D eigenvalue weighted by Crippen LogP contribution is -2.31. The van der Waals surface area contributed by atoms with E-state index in [1.165, 1.54) is 23.5 Å². The van der Waals surface area contributed by atoms with Crippen LogP contribution in [0.4, 0.5) is 8.78 Å². The summed E-state index contributed by atoms with van der Waals surface area (Å²) in [6.45, 7) is 0.156. The molecule has 0 saturated heterocycles. The molecule has 0 aliphatic carbocycles. The van der Waals surface area contributed by atoms with Crippen molar-refractivity contribution in [3.63, 3.8) is 0 Å². The summed E-state index contributed by atoms with van der Waals surface area (Å²) in [5.74, 6) is 0.0522. The van der Waals surface area contributed by atoms with Crippen LogP contribution in [0.2, 0.25) is 4.34 Å². The number of nitrogens with zero attached hydrogens (tertiary/aromatic N) is 1. The summed E-state index contributed by atoms with van der Waals surface area (Å²) in [5, 5.41) is 0. The number of carbonyl (C=O) groups is 1. The zero-order valence-electron chi connectivity index (χ0n) is 12.5. The Morgan fingerprint density at radius 2 is 1.96 bits per heavy atom. The van der Waals surface area contributed by atoms with Gasteiger partial charge in [0.25, 0.3) is 0 Å². The SMILES string of the molecule is CCN(Cc1ccc(Cl)s1)C(=O)Cc1ccc(OC(F)F)cc1. The average Bonchev–Trinajstić information content (AvgIpc) is 2.91. The summed E-state index contributed by atoms with van der Waals surface area (Å²) in [4.78, 5) is 15.1. The fourth-order valence-electron chi connectivity index (χ4n) is 2.08. The van der Waals surface area contributed by atoms with E-state index in [-0.39, 0.29) is 18.1 Å². The van der Waals surface area contributed by atoms with Crippen LogP contribution in [0.1, 0.15) is 17.4 Å². The number of likely N-dealkylation sites (N-methyl/N-ethyl adjacent to an activating group) is 1. The van der Waals surface area contributed by atoms with Gasteiger partial charge < -0.3 is 9.64 Å². The molecule has 0 saturated carbocycles. The zero-order valence-corrected chi connectivity index (χ0v) is 14.0. The molecule has 0 atom stereocenters. The van der Waals surface area contributed by atoms with Crippen LogP contribution in [-0.4, -0.2) is 24.0 Å². The number of benzene rings is 1. The van der Waals surface area contributed by atoms with Gasteiger partial charge in [-0.3, -0.25) is 4.79 Å². The first-order valence-corrected chi connectivity index (χ1v) is 8.23. The number of alkyl halides is 2. The van der Waals surface area contributed by atoms with Crippen molar-refractivity contribution in [3.8, 4) is 5.75 Å². The molecule has 0 fully saturated rings. The molecular weight excluding hydrogens is 344 g/mol. The summed E-state index contributed by atoms with van der Waals surface area (Å²) < 4.78 is 29.2. The lowest BCUT2D eigenvalue weighted by atomic mass is 10.1. The van der Waals surface area contributed by atoms with Crippen LogP contribution < -0.4 is 4.74 Å². The predicted octanol–water partition coefficient (Wildman–Crippen LogP) is 4.59. The van der Waals surface area contributed by atoms with Gasteiger partial charge in [0.15, 0.2) is 0 Å². The molecule has 7 heteroatoms. The molecule has 0 aliphatic heterocycles. The maximum atomic E-state index is 12.4. The van der Waals surface area contributed by atoms with E-state index in [1.54, 1.807) is 17.0 Å². The highest BCUT2D eigenvalue weighted by molar-refractivity contribution is 7.16. The Kier molecular flexibility index (Phi) is 6.36. The smallest absolute Gasteiger partial charge is 0.387 e. The highest BCUT2D eigenvalue weighted by Crippen LogP contribution is 2.23. The van der Waals surface area contributed by atoms with Crippen LogP contribution in [-0.2, 0) is 17.8 Å². The van der Waals surface area contributed by atoms with E-state index < -0.39 is 6.61 Å². The molecule has 0 aliphatic rings. The van der Waals surface area contributed by atoms with Crippen LogP contribution in [0.3, 0.4) is 0 Å². The van der Waals surface area contributed by atoms with Crippen LogP contribution in [0.25, 0.3) is 0 Å². The molecular formula is C16H16ClF2NO2S. The molecule has 23 heavy (non-hydrogen) atoms. The van der Waals surface area contributed by atoms with Gasteiger partial charge in [-0.05, 0) is 36.8 Å². The molecule has 0 bridgehead atoms. The van der Waals surface area contributed by atoms with Crippen molar-refractivity contribution >= 4 is 28.8 Å². The largest absolute Gasteiger partial charge is 0.435 e. The molecule has 1 aromatic carbocycles. The van der Waals surface area contributed by atoms with Crippen LogP contribution in [0.5, 0.6) is 5.75 Å². The molecule has 0 spiro atoms. The third kappa shape index (κ3) is 5.48. The number of carbonyl (C=O) groups excluding carboxylic acids is 1. The summed E-state index contributed by atoms with van der Waals surface area (Å²) >= 11 is 7.34. The summed E-state index contributed by atoms with van der Waals surface area (Å²) in [7, 11) is 0. The van der Waals surface area contributed by atoms with Crippen molar-refractivity contribution in [3.05, 3.63) is 51.2 Å². The van der Waals surface area contributed by atoms with E-state index in [0.717, 1.165) is 10.4 Å². The number of thiophene rings is 1. The van der Waals surface area contributed by atoms with E-state index >= 15 is 0 Å². The fraction of sp³-hybridized carbons (Fsp3) is 0.312. The molecule has 0 unspecified atom stereocenters. The second-order valence-corrected chi connectivity index (χ2v) is 6.61. The van der Waals surface area contributed by atoms with Gasteiger partial charge in [-0.1, -0.05) is 23.7 Å². The van der Waals surface area contributed by atoms with Gasteiger partial charge in [0.2, 0.25) is 5.91 Å². The summed E-state index contributed by atoms with van der Waals surface area (Å²) in [6.07, 6.45) is 0.210. The minimum Gasteiger partial charge on any atom is -0.435 e. The second kappa shape index (κ2) is 8.26. The minimum atomic E-state index is -2.85. The van der Waals surface area contributed by atoms with Crippen molar-refractivity contribution < 1.29 is 18.3 Å². The highest BCUT2D eigenvalue weighted by Gasteiger charge is 2.14. The Labute approximate surface area is 142 Å². The first kappa shape index (κ1) is 17.7. The monoisotopic (exact) mass is 359 g/mol. The van der Waals surface area contributed by atoms with E-state index in [9.17, 15) is 13.6 Å². The Morgan fingerprint density at radius 3 is 2.48 bits per heavy atom. The van der Waals surface area contributed by atoms with Crippen LogP contribution in [0, 0.1) is 0 Å². The first-order valence-electron chi connectivity index (χ1n) is 7.03. The molecule has 2 aromatic rings. The van der Waals surface area contributed by atoms with Gasteiger partial charge in [0, 0.05) is 11.4 Å². The topological polar surface area (TPSA) is 29.5 Å². The first-order chi connectivity index (χ1) is 11.0. The number of halogens is 3. The van der Waals surface area contributed by atoms with Crippen molar-refractivity contribution in [1.29, 1.82) is 0 Å². The standard InChI is InChI=1S/C16H16ClF2NO2S/c1-2-20(10-13-7-8-14(17)23-13)15(21)9-11-3-5-12(6-4-11)22-16(18)19/h3-8,16H,2,9-10H2,1H3. The lowest BCUT2D eigenvalue weighted by molar-refractivity contribution is -0.130. The number of amides is 1. The quantitative estimate of drug-likeness (QED) is 0.723. The summed E-state index contributed by atoms with van der Waals surface area (Å²) in [5.41, 5.74) is 0.749. The van der Waals surface area contributed by atoms with Gasteiger partial charge in [-0.15, -0.1) is 11.3 Å². The number of rotatable bonds is 7. The Balaban J connectivity index is 1.96. The minimum absolute atomic E-state index is 0.0282. The molecule has 0 N–H and O–H groups in total. The molecule has 0 radical (unpaired) electrons. The van der Waals surface area contributed by atoms with E-state index in [2.05, 4.69) is 4.74 Å². The maximum absolute atomic E-state index is 12.4. The third-order valence-electron chi connectivity index (χ3n) is 3.21. The van der Waals surface area contributed by atoms with Gasteiger partial charge in [0.1, 0.15) is 5.75 Å². The highest BCUT2D eigenvalue weighted by atomic mass is 35.5. The predicted molar refractivity (Wildman–Crippen MR) is 87.2 cm³/mol. The molecule has 1 aromatic heterocycles.